The average Bonchev–Trinajstić information content (AvgIpc) is 2.90. The first-order valence-corrected chi connectivity index (χ1v) is 9.82. The number of nitrogens with one attached hydrogen (secondary N) is 1. The zero-order valence-corrected chi connectivity index (χ0v) is 16.4. The van der Waals surface area contributed by atoms with Crippen LogP contribution in [-0.4, -0.2) is 46.0 Å². The van der Waals surface area contributed by atoms with E-state index in [1.807, 2.05) is 0 Å². The van der Waals surface area contributed by atoms with Crippen LogP contribution in [0, 0.1) is 6.92 Å². The van der Waals surface area contributed by atoms with E-state index in [9.17, 15) is 4.79 Å². The highest BCUT2D eigenvalue weighted by molar-refractivity contribution is 5.96. The third-order valence-electron chi connectivity index (χ3n) is 5.88. The number of aromatic nitrogens is 2. The van der Waals surface area contributed by atoms with Crippen LogP contribution < -0.4 is 15.8 Å². The Labute approximate surface area is 165 Å². The lowest BCUT2D eigenvalue weighted by Crippen LogP contribution is -2.50. The predicted molar refractivity (Wildman–Crippen MR) is 107 cm³/mol. The fourth-order valence-electron chi connectivity index (χ4n) is 4.63. The molecule has 2 fully saturated rings. The van der Waals surface area contributed by atoms with Crippen LogP contribution in [-0.2, 0) is 6.54 Å². The number of carbonyl (C=O) groups is 1. The number of nitrogens with two attached hydrogens (primary N) is 1. The molecule has 1 aromatic carbocycles. The number of benzene rings is 1. The Morgan fingerprint density at radius 3 is 2.75 bits per heavy atom. The standard InChI is InChI=1S/C21H27N5O2/c1-13-4-3-5-14(8-13)12-26-16-6-7-17(26)10-15(9-16)24-19(27)18-11-23-21(22)25-20(18)28-2/h3-5,8,11,15-17H,6-7,9-10,12H2,1-2H3,(H,24,27)(H2,22,23,25)/t15?,16-,17+. The van der Waals surface area contributed by atoms with Crippen molar-refractivity contribution in [3.8, 4) is 5.88 Å². The molecule has 0 radical (unpaired) electrons. The van der Waals surface area contributed by atoms with E-state index in [0.29, 0.717) is 17.6 Å². The molecule has 7 heteroatoms. The van der Waals surface area contributed by atoms with Gasteiger partial charge in [0.05, 0.1) is 7.11 Å². The normalized spacial score (nSPS) is 24.1. The number of nitrogens with zero attached hydrogens (tertiary/aromatic N) is 3. The number of hydrogen-bond acceptors (Lipinski definition) is 6. The molecule has 2 aliphatic rings. The molecule has 2 aromatic rings. The summed E-state index contributed by atoms with van der Waals surface area (Å²) in [6.45, 7) is 3.12. The number of anilines is 1. The molecule has 1 amide bonds. The van der Waals surface area contributed by atoms with Gasteiger partial charge in [-0.1, -0.05) is 29.8 Å². The van der Waals surface area contributed by atoms with Crippen molar-refractivity contribution in [1.82, 2.24) is 20.2 Å². The zero-order valence-electron chi connectivity index (χ0n) is 16.4. The molecule has 1 unspecified atom stereocenters. The number of carbonyl (C=O) groups excluding carboxylic acids is 1. The summed E-state index contributed by atoms with van der Waals surface area (Å²) in [6, 6.07) is 9.90. The van der Waals surface area contributed by atoms with Gasteiger partial charge in [-0.05, 0) is 38.2 Å². The average molecular weight is 381 g/mol. The van der Waals surface area contributed by atoms with E-state index in [-0.39, 0.29) is 23.8 Å². The number of aryl methyl sites for hydroxylation is 1. The van der Waals surface area contributed by atoms with Crippen molar-refractivity contribution in [2.75, 3.05) is 12.8 Å². The van der Waals surface area contributed by atoms with Gasteiger partial charge in [-0.25, -0.2) is 4.98 Å². The summed E-state index contributed by atoms with van der Waals surface area (Å²) in [5.74, 6) is 0.106. The Morgan fingerprint density at radius 1 is 1.32 bits per heavy atom. The summed E-state index contributed by atoms with van der Waals surface area (Å²) in [5, 5.41) is 3.16. The van der Waals surface area contributed by atoms with Gasteiger partial charge >= 0.3 is 0 Å². The van der Waals surface area contributed by atoms with Crippen LogP contribution in [0.15, 0.2) is 30.5 Å². The summed E-state index contributed by atoms with van der Waals surface area (Å²) in [5.41, 5.74) is 8.57. The molecule has 0 spiro atoms. The molecule has 0 aliphatic carbocycles. The van der Waals surface area contributed by atoms with Crippen molar-refractivity contribution in [1.29, 1.82) is 0 Å². The topological polar surface area (TPSA) is 93.4 Å². The highest BCUT2D eigenvalue weighted by Crippen LogP contribution is 2.37. The Balaban J connectivity index is 1.41. The van der Waals surface area contributed by atoms with Crippen LogP contribution in [0.2, 0.25) is 0 Å². The minimum atomic E-state index is -0.201. The molecule has 7 nitrogen and oxygen atoms in total. The Morgan fingerprint density at radius 2 is 2.07 bits per heavy atom. The van der Waals surface area contributed by atoms with Gasteiger partial charge < -0.3 is 15.8 Å². The smallest absolute Gasteiger partial charge is 0.258 e. The van der Waals surface area contributed by atoms with Gasteiger partial charge in [0.15, 0.2) is 0 Å². The molecular formula is C21H27N5O2. The lowest BCUT2D eigenvalue weighted by Gasteiger charge is -2.39. The number of piperidine rings is 1. The number of amides is 1. The largest absolute Gasteiger partial charge is 0.480 e. The molecule has 28 heavy (non-hydrogen) atoms. The van der Waals surface area contributed by atoms with E-state index in [1.165, 1.54) is 37.3 Å². The maximum Gasteiger partial charge on any atom is 0.258 e. The van der Waals surface area contributed by atoms with Gasteiger partial charge in [0, 0.05) is 30.9 Å². The van der Waals surface area contributed by atoms with Crippen molar-refractivity contribution in [2.24, 2.45) is 0 Å². The highest BCUT2D eigenvalue weighted by Gasteiger charge is 2.41. The first-order chi connectivity index (χ1) is 13.5. The summed E-state index contributed by atoms with van der Waals surface area (Å²) in [4.78, 5) is 23.3. The Bertz CT molecular complexity index is 858. The lowest BCUT2D eigenvalue weighted by atomic mass is 9.96. The van der Waals surface area contributed by atoms with Gasteiger partial charge in [-0.2, -0.15) is 4.98 Å². The number of methoxy groups -OCH3 is 1. The molecule has 2 bridgehead atoms. The van der Waals surface area contributed by atoms with E-state index in [2.05, 4.69) is 51.4 Å². The Hall–Kier alpha value is -2.67. The van der Waals surface area contributed by atoms with Crippen LogP contribution in [0.3, 0.4) is 0 Å². The first-order valence-electron chi connectivity index (χ1n) is 9.82. The summed E-state index contributed by atoms with van der Waals surface area (Å²) in [6.07, 6.45) is 5.74. The summed E-state index contributed by atoms with van der Waals surface area (Å²) >= 11 is 0. The number of ether oxygens (including phenoxy) is 1. The van der Waals surface area contributed by atoms with Crippen molar-refractivity contribution < 1.29 is 9.53 Å². The maximum atomic E-state index is 12.7. The maximum absolute atomic E-state index is 12.7. The van der Waals surface area contributed by atoms with Crippen molar-refractivity contribution >= 4 is 11.9 Å². The lowest BCUT2D eigenvalue weighted by molar-refractivity contribution is 0.0824. The minimum Gasteiger partial charge on any atom is -0.480 e. The summed E-state index contributed by atoms with van der Waals surface area (Å²) in [7, 11) is 1.47. The SMILES string of the molecule is COc1nc(N)ncc1C(=O)NC1C[C@H]2CC[C@@H](C1)N2Cc1cccc(C)c1. The van der Waals surface area contributed by atoms with Gasteiger partial charge in [0.2, 0.25) is 11.8 Å². The van der Waals surface area contributed by atoms with Crippen molar-refractivity contribution in [3.05, 3.63) is 47.2 Å². The molecule has 3 N–H and O–H groups in total. The molecule has 3 heterocycles. The van der Waals surface area contributed by atoms with E-state index in [4.69, 9.17) is 10.5 Å². The molecule has 0 saturated carbocycles. The minimum absolute atomic E-state index is 0.0934. The molecular weight excluding hydrogens is 354 g/mol. The molecule has 148 valence electrons. The molecule has 2 saturated heterocycles. The van der Waals surface area contributed by atoms with E-state index < -0.39 is 0 Å². The third kappa shape index (κ3) is 3.80. The van der Waals surface area contributed by atoms with Crippen LogP contribution in [0.4, 0.5) is 5.95 Å². The van der Waals surface area contributed by atoms with E-state index >= 15 is 0 Å². The number of rotatable bonds is 5. The zero-order chi connectivity index (χ0) is 19.7. The molecule has 2 aliphatic heterocycles. The second kappa shape index (κ2) is 7.75. The molecule has 1 aromatic heterocycles. The fourth-order valence-corrected chi connectivity index (χ4v) is 4.63. The van der Waals surface area contributed by atoms with Gasteiger partial charge in [0.25, 0.3) is 5.91 Å². The number of nitrogen functional groups attached to an aromatic ring is 1. The van der Waals surface area contributed by atoms with Crippen LogP contribution in [0.25, 0.3) is 0 Å². The third-order valence-corrected chi connectivity index (χ3v) is 5.88. The second-order valence-corrected chi connectivity index (χ2v) is 7.84. The molecule has 3 atom stereocenters. The highest BCUT2D eigenvalue weighted by atomic mass is 16.5. The number of hydrogen-bond donors (Lipinski definition) is 2. The van der Waals surface area contributed by atoms with Crippen molar-refractivity contribution in [3.63, 3.8) is 0 Å². The van der Waals surface area contributed by atoms with Crippen molar-refractivity contribution in [2.45, 2.75) is 57.3 Å². The first kappa shape index (κ1) is 18.7. The van der Waals surface area contributed by atoms with E-state index in [1.54, 1.807) is 0 Å². The monoisotopic (exact) mass is 381 g/mol. The second-order valence-electron chi connectivity index (χ2n) is 7.84. The quantitative estimate of drug-likeness (QED) is 0.825. The van der Waals surface area contributed by atoms with Gasteiger partial charge in [-0.15, -0.1) is 0 Å². The Kier molecular flexibility index (Phi) is 5.17. The van der Waals surface area contributed by atoms with E-state index in [0.717, 1.165) is 19.4 Å². The van der Waals surface area contributed by atoms with Crippen LogP contribution >= 0.6 is 0 Å². The van der Waals surface area contributed by atoms with Crippen LogP contribution in [0.5, 0.6) is 5.88 Å². The number of fused-ring (bicyclic) bond motifs is 2. The summed E-state index contributed by atoms with van der Waals surface area (Å²) < 4.78 is 5.18. The van der Waals surface area contributed by atoms with Gasteiger partial charge in [0.1, 0.15) is 5.56 Å². The fraction of sp³-hybridized carbons (Fsp3) is 0.476. The van der Waals surface area contributed by atoms with Crippen LogP contribution in [0.1, 0.15) is 47.2 Å². The molecule has 4 rings (SSSR count). The predicted octanol–water partition coefficient (Wildman–Crippen LogP) is 2.30. The van der Waals surface area contributed by atoms with Gasteiger partial charge in [-0.3, -0.25) is 9.69 Å².